The second kappa shape index (κ2) is 8.51. The van der Waals surface area contributed by atoms with Gasteiger partial charge in [0.15, 0.2) is 0 Å². The highest BCUT2D eigenvalue weighted by atomic mass is 19.4. The number of benzene rings is 2. The molecule has 0 aliphatic carbocycles. The molecule has 0 unspecified atom stereocenters. The van der Waals surface area contributed by atoms with E-state index in [9.17, 15) is 35.9 Å². The van der Waals surface area contributed by atoms with E-state index in [1.807, 2.05) is 0 Å². The van der Waals surface area contributed by atoms with Crippen molar-refractivity contribution < 1.29 is 45.4 Å². The van der Waals surface area contributed by atoms with Gasteiger partial charge in [-0.1, -0.05) is 18.2 Å². The molecule has 2 rings (SSSR count). The number of nitrogens with one attached hydrogen (secondary N) is 2. The molecule has 0 saturated heterocycles. The Kier molecular flexibility index (Phi) is 6.48. The van der Waals surface area contributed by atoms with Crippen molar-refractivity contribution in [2.45, 2.75) is 18.2 Å². The summed E-state index contributed by atoms with van der Waals surface area (Å²) < 4.78 is 86.3. The van der Waals surface area contributed by atoms with Crippen LogP contribution in [0.25, 0.3) is 0 Å². The quantitative estimate of drug-likeness (QED) is 0.409. The summed E-state index contributed by atoms with van der Waals surface area (Å²) in [4.78, 5) is 24.4. The van der Waals surface area contributed by atoms with E-state index in [4.69, 9.17) is 0 Å². The second-order valence-corrected chi connectivity index (χ2v) is 5.76. The number of ether oxygens (including phenoxy) is 2. The first-order valence-electron chi connectivity index (χ1n) is 8.04. The third kappa shape index (κ3) is 5.33. The van der Waals surface area contributed by atoms with Crippen LogP contribution in [0.15, 0.2) is 54.6 Å². The van der Waals surface area contributed by atoms with E-state index in [2.05, 4.69) is 9.47 Å². The van der Waals surface area contributed by atoms with Gasteiger partial charge in [-0.2, -0.15) is 13.2 Å². The monoisotopic (exact) mass is 436 g/mol. The van der Waals surface area contributed by atoms with Crippen LogP contribution in [0.4, 0.5) is 32.0 Å². The average molecular weight is 436 g/mol. The summed E-state index contributed by atoms with van der Waals surface area (Å²) in [6.45, 7) is 0. The number of carbonyl (C=O) groups excluding carboxylic acids is 2. The van der Waals surface area contributed by atoms with Gasteiger partial charge in [-0.3, -0.25) is 4.79 Å². The first kappa shape index (κ1) is 22.8. The van der Waals surface area contributed by atoms with Gasteiger partial charge >= 0.3 is 24.2 Å². The van der Waals surface area contributed by atoms with Gasteiger partial charge in [-0.25, -0.2) is 4.79 Å². The molecule has 0 saturated carbocycles. The molecule has 12 heteroatoms. The Morgan fingerprint density at radius 1 is 0.867 bits per heavy atom. The first-order chi connectivity index (χ1) is 13.9. The molecule has 0 spiro atoms. The smallest absolute Gasteiger partial charge is 0.466 e. The van der Waals surface area contributed by atoms with Crippen molar-refractivity contribution in [1.82, 2.24) is 5.32 Å². The lowest BCUT2D eigenvalue weighted by molar-refractivity contribution is -0.274. The summed E-state index contributed by atoms with van der Waals surface area (Å²) in [5, 5.41) is 3.38. The molecule has 2 aromatic carbocycles. The number of halogens is 6. The van der Waals surface area contributed by atoms with Gasteiger partial charge in [0.05, 0.1) is 7.11 Å². The molecule has 0 aliphatic heterocycles. The Balaban J connectivity index is 2.40. The molecule has 2 aromatic rings. The van der Waals surface area contributed by atoms with E-state index < -0.39 is 41.5 Å². The Morgan fingerprint density at radius 3 is 1.90 bits per heavy atom. The number of alkyl halides is 6. The van der Waals surface area contributed by atoms with Crippen LogP contribution in [0.2, 0.25) is 0 Å². The summed E-state index contributed by atoms with van der Waals surface area (Å²) >= 11 is 0. The Morgan fingerprint density at radius 2 is 1.43 bits per heavy atom. The fourth-order valence-electron chi connectivity index (χ4n) is 2.33. The van der Waals surface area contributed by atoms with Gasteiger partial charge in [0.2, 0.25) is 0 Å². The zero-order chi connectivity index (χ0) is 22.6. The van der Waals surface area contributed by atoms with Crippen molar-refractivity contribution in [3.8, 4) is 5.75 Å². The van der Waals surface area contributed by atoms with E-state index in [0.29, 0.717) is 7.11 Å². The third-order valence-electron chi connectivity index (χ3n) is 3.67. The molecule has 1 atom stereocenters. The highest BCUT2D eigenvalue weighted by Gasteiger charge is 2.63. The van der Waals surface area contributed by atoms with Crippen molar-refractivity contribution in [3.63, 3.8) is 0 Å². The van der Waals surface area contributed by atoms with Crippen LogP contribution < -0.4 is 15.4 Å². The maximum absolute atomic E-state index is 13.9. The molecule has 0 radical (unpaired) electrons. The predicted octanol–water partition coefficient (Wildman–Crippen LogP) is 3.86. The number of hydrogen-bond acceptors (Lipinski definition) is 5. The van der Waals surface area contributed by atoms with Crippen LogP contribution in [0.5, 0.6) is 5.75 Å². The molecule has 0 aliphatic rings. The largest absolute Gasteiger partial charge is 0.573 e. The molecular formula is C18H14F6N2O4. The number of carbonyl (C=O) groups is 2. The highest BCUT2D eigenvalue weighted by Crippen LogP contribution is 2.34. The van der Waals surface area contributed by atoms with Crippen LogP contribution >= 0.6 is 0 Å². The standard InChI is InChI=1S/C18H14F6N2O4/c1-29-15(28)16(17(19,20)21,26-14(27)11-5-3-2-4-6-11)25-12-7-9-13(10-8-12)30-18(22,23)24/h2-10,25H,1H3,(H,26,27)/t16-/m0/s1. The number of esters is 1. The summed E-state index contributed by atoms with van der Waals surface area (Å²) in [7, 11) is 0.680. The molecule has 30 heavy (non-hydrogen) atoms. The van der Waals surface area contributed by atoms with Gasteiger partial charge in [-0.05, 0) is 36.4 Å². The summed E-state index contributed by atoms with van der Waals surface area (Å²) in [5.74, 6) is -3.84. The Bertz CT molecular complexity index is 884. The molecule has 2 N–H and O–H groups in total. The predicted molar refractivity (Wildman–Crippen MR) is 91.5 cm³/mol. The maximum Gasteiger partial charge on any atom is 0.573 e. The second-order valence-electron chi connectivity index (χ2n) is 5.76. The number of methoxy groups -OCH3 is 1. The zero-order valence-corrected chi connectivity index (χ0v) is 15.1. The van der Waals surface area contributed by atoms with Crippen molar-refractivity contribution >= 4 is 17.6 Å². The molecule has 1 amide bonds. The van der Waals surface area contributed by atoms with E-state index >= 15 is 0 Å². The first-order valence-corrected chi connectivity index (χ1v) is 8.04. The van der Waals surface area contributed by atoms with E-state index in [0.717, 1.165) is 24.3 Å². The van der Waals surface area contributed by atoms with Crippen LogP contribution in [0.1, 0.15) is 10.4 Å². The average Bonchev–Trinajstić information content (AvgIpc) is 2.66. The lowest BCUT2D eigenvalue weighted by atomic mass is 10.1. The third-order valence-corrected chi connectivity index (χ3v) is 3.67. The normalized spacial score (nSPS) is 13.7. The van der Waals surface area contributed by atoms with Gasteiger partial charge < -0.3 is 20.1 Å². The van der Waals surface area contributed by atoms with E-state index in [1.165, 1.54) is 30.3 Å². The Hall–Kier alpha value is -3.44. The lowest BCUT2D eigenvalue weighted by Crippen LogP contribution is -2.69. The number of anilines is 1. The molecule has 162 valence electrons. The number of amides is 1. The van der Waals surface area contributed by atoms with Crippen LogP contribution in [-0.4, -0.2) is 37.2 Å². The lowest BCUT2D eigenvalue weighted by Gasteiger charge is -2.35. The topological polar surface area (TPSA) is 76.7 Å². The van der Waals surface area contributed by atoms with Gasteiger partial charge in [0, 0.05) is 11.3 Å². The molecule has 0 aromatic heterocycles. The SMILES string of the molecule is COC(=O)[C@@](NC(=O)c1ccccc1)(Nc1ccc(OC(F)(F)F)cc1)C(F)(F)F. The summed E-state index contributed by atoms with van der Waals surface area (Å²) in [6.07, 6.45) is -10.4. The van der Waals surface area contributed by atoms with Crippen molar-refractivity contribution in [1.29, 1.82) is 0 Å². The van der Waals surface area contributed by atoms with Gasteiger partial charge in [0.1, 0.15) is 5.75 Å². The molecule has 0 bridgehead atoms. The van der Waals surface area contributed by atoms with Gasteiger partial charge in [0.25, 0.3) is 5.91 Å². The van der Waals surface area contributed by atoms with Gasteiger partial charge in [-0.15, -0.1) is 13.2 Å². The minimum atomic E-state index is -5.40. The fraction of sp³-hybridized carbons (Fsp3) is 0.222. The number of rotatable bonds is 6. The highest BCUT2D eigenvalue weighted by molar-refractivity contribution is 5.99. The molecule has 0 fully saturated rings. The maximum atomic E-state index is 13.9. The fourth-order valence-corrected chi connectivity index (χ4v) is 2.33. The minimum absolute atomic E-state index is 0.175. The number of hydrogen-bond donors (Lipinski definition) is 2. The zero-order valence-electron chi connectivity index (χ0n) is 15.1. The van der Waals surface area contributed by atoms with Crippen molar-refractivity contribution in [2.75, 3.05) is 12.4 Å². The summed E-state index contributed by atoms with van der Waals surface area (Å²) in [5.41, 5.74) is -4.34. The molecule has 0 heterocycles. The molecule has 6 nitrogen and oxygen atoms in total. The summed E-state index contributed by atoms with van der Waals surface area (Å²) in [6, 6.07) is 9.83. The van der Waals surface area contributed by atoms with Crippen LogP contribution in [0.3, 0.4) is 0 Å². The van der Waals surface area contributed by atoms with E-state index in [1.54, 1.807) is 10.6 Å². The van der Waals surface area contributed by atoms with Crippen LogP contribution in [0, 0.1) is 0 Å². The molecular weight excluding hydrogens is 422 g/mol. The van der Waals surface area contributed by atoms with Crippen molar-refractivity contribution in [2.24, 2.45) is 0 Å². The minimum Gasteiger partial charge on any atom is -0.466 e. The Labute approximate surface area is 165 Å². The van der Waals surface area contributed by atoms with Crippen LogP contribution in [-0.2, 0) is 9.53 Å². The van der Waals surface area contributed by atoms with E-state index in [-0.39, 0.29) is 5.56 Å². The van der Waals surface area contributed by atoms with Crippen molar-refractivity contribution in [3.05, 3.63) is 60.2 Å².